The van der Waals surface area contributed by atoms with Crippen molar-refractivity contribution in [2.45, 2.75) is 52.6 Å². The number of aliphatic hydroxyl groups is 1. The Kier molecular flexibility index (Phi) is 4.48. The maximum absolute atomic E-state index is 9.83. The highest BCUT2D eigenvalue weighted by molar-refractivity contribution is 4.98. The van der Waals surface area contributed by atoms with Crippen molar-refractivity contribution in [2.75, 3.05) is 0 Å². The zero-order valence-corrected chi connectivity index (χ0v) is 9.59. The van der Waals surface area contributed by atoms with Crippen molar-refractivity contribution in [3.8, 4) is 11.8 Å². The predicted molar refractivity (Wildman–Crippen MR) is 59.7 cm³/mol. The number of hydrogen-bond acceptors (Lipinski definition) is 1. The number of aliphatic hydroxyl groups excluding tert-OH is 1. The van der Waals surface area contributed by atoms with Crippen LogP contribution in [0.25, 0.3) is 0 Å². The van der Waals surface area contributed by atoms with Crippen molar-refractivity contribution in [3.05, 3.63) is 0 Å². The third-order valence-electron chi connectivity index (χ3n) is 3.47. The van der Waals surface area contributed by atoms with Crippen LogP contribution >= 0.6 is 0 Å². The second-order valence-corrected chi connectivity index (χ2v) is 4.78. The molecule has 0 radical (unpaired) electrons. The second-order valence-electron chi connectivity index (χ2n) is 4.78. The van der Waals surface area contributed by atoms with Gasteiger partial charge in [-0.1, -0.05) is 13.8 Å². The lowest BCUT2D eigenvalue weighted by Crippen LogP contribution is -2.30. The van der Waals surface area contributed by atoms with E-state index in [-0.39, 0.29) is 6.10 Å². The van der Waals surface area contributed by atoms with Gasteiger partial charge in [0.15, 0.2) is 0 Å². The summed E-state index contributed by atoms with van der Waals surface area (Å²) in [7, 11) is 0. The molecule has 0 aromatic heterocycles. The van der Waals surface area contributed by atoms with Crippen LogP contribution in [0.1, 0.15) is 46.5 Å². The molecule has 0 amide bonds. The van der Waals surface area contributed by atoms with E-state index in [0.29, 0.717) is 5.92 Å². The van der Waals surface area contributed by atoms with E-state index in [1.54, 1.807) is 0 Å². The van der Waals surface area contributed by atoms with E-state index in [1.165, 1.54) is 6.42 Å². The molecule has 3 atom stereocenters. The van der Waals surface area contributed by atoms with E-state index in [0.717, 1.165) is 31.1 Å². The quantitative estimate of drug-likeness (QED) is 0.670. The van der Waals surface area contributed by atoms with E-state index in [2.05, 4.69) is 25.7 Å². The monoisotopic (exact) mass is 194 g/mol. The smallest absolute Gasteiger partial charge is 0.0577 e. The maximum Gasteiger partial charge on any atom is 0.0577 e. The lowest BCUT2D eigenvalue weighted by Gasteiger charge is -2.34. The first-order valence-electron chi connectivity index (χ1n) is 5.72. The van der Waals surface area contributed by atoms with Crippen LogP contribution in [0.15, 0.2) is 0 Å². The SMILES string of the molecule is CC#CCC1CC(C(C)C)CCC1O. The summed E-state index contributed by atoms with van der Waals surface area (Å²) in [5.74, 6) is 7.98. The third kappa shape index (κ3) is 3.03. The molecule has 1 fully saturated rings. The summed E-state index contributed by atoms with van der Waals surface area (Å²) >= 11 is 0. The Bertz CT molecular complexity index is 221. The Labute approximate surface area is 87.9 Å². The average molecular weight is 194 g/mol. The summed E-state index contributed by atoms with van der Waals surface area (Å²) in [6.07, 6.45) is 4.09. The molecule has 1 nitrogen and oxygen atoms in total. The first-order chi connectivity index (χ1) is 6.65. The minimum absolute atomic E-state index is 0.106. The Morgan fingerprint density at radius 3 is 2.64 bits per heavy atom. The fraction of sp³-hybridized carbons (Fsp3) is 0.846. The summed E-state index contributed by atoms with van der Waals surface area (Å²) in [5.41, 5.74) is 0. The summed E-state index contributed by atoms with van der Waals surface area (Å²) in [6.45, 7) is 6.44. The molecule has 1 rings (SSSR count). The van der Waals surface area contributed by atoms with Crippen molar-refractivity contribution in [3.63, 3.8) is 0 Å². The van der Waals surface area contributed by atoms with Crippen LogP contribution in [0.5, 0.6) is 0 Å². The molecule has 0 aliphatic heterocycles. The normalized spacial score (nSPS) is 32.5. The van der Waals surface area contributed by atoms with Gasteiger partial charge in [0.05, 0.1) is 6.10 Å². The summed E-state index contributed by atoms with van der Waals surface area (Å²) in [6, 6.07) is 0. The molecule has 3 unspecified atom stereocenters. The minimum Gasteiger partial charge on any atom is -0.393 e. The van der Waals surface area contributed by atoms with Gasteiger partial charge in [0, 0.05) is 6.42 Å². The van der Waals surface area contributed by atoms with Gasteiger partial charge in [0.1, 0.15) is 0 Å². The molecule has 0 aromatic rings. The molecule has 1 aliphatic carbocycles. The highest BCUT2D eigenvalue weighted by Crippen LogP contribution is 2.35. The molecule has 0 bridgehead atoms. The van der Waals surface area contributed by atoms with Gasteiger partial charge in [-0.3, -0.25) is 0 Å². The van der Waals surface area contributed by atoms with Gasteiger partial charge in [-0.2, -0.15) is 0 Å². The molecule has 1 saturated carbocycles. The lowest BCUT2D eigenvalue weighted by atomic mass is 9.74. The van der Waals surface area contributed by atoms with Gasteiger partial charge in [-0.15, -0.1) is 11.8 Å². The van der Waals surface area contributed by atoms with E-state index < -0.39 is 0 Å². The standard InChI is InChI=1S/C13H22O/c1-4-5-6-12-9-11(10(2)3)7-8-13(12)14/h10-14H,6-9H2,1-3H3. The van der Waals surface area contributed by atoms with Crippen LogP contribution in [0.4, 0.5) is 0 Å². The van der Waals surface area contributed by atoms with E-state index in [1.807, 2.05) is 6.92 Å². The predicted octanol–water partition coefficient (Wildman–Crippen LogP) is 2.83. The van der Waals surface area contributed by atoms with Crippen molar-refractivity contribution in [2.24, 2.45) is 17.8 Å². The zero-order valence-electron chi connectivity index (χ0n) is 9.59. The minimum atomic E-state index is -0.106. The Hall–Kier alpha value is -0.480. The van der Waals surface area contributed by atoms with Gasteiger partial charge in [-0.25, -0.2) is 0 Å². The van der Waals surface area contributed by atoms with Gasteiger partial charge in [0.2, 0.25) is 0 Å². The summed E-state index contributed by atoms with van der Waals surface area (Å²) in [4.78, 5) is 0. The molecular formula is C13H22O. The average Bonchev–Trinajstić information content (AvgIpc) is 2.16. The lowest BCUT2D eigenvalue weighted by molar-refractivity contribution is 0.0401. The number of hydrogen-bond donors (Lipinski definition) is 1. The van der Waals surface area contributed by atoms with Crippen molar-refractivity contribution in [1.29, 1.82) is 0 Å². The first kappa shape index (κ1) is 11.6. The van der Waals surface area contributed by atoms with E-state index >= 15 is 0 Å². The molecule has 1 aliphatic rings. The van der Waals surface area contributed by atoms with E-state index in [4.69, 9.17) is 0 Å². The van der Waals surface area contributed by atoms with Gasteiger partial charge >= 0.3 is 0 Å². The molecular weight excluding hydrogens is 172 g/mol. The van der Waals surface area contributed by atoms with Crippen molar-refractivity contribution >= 4 is 0 Å². The van der Waals surface area contributed by atoms with Crippen LogP contribution in [-0.4, -0.2) is 11.2 Å². The van der Waals surface area contributed by atoms with Crippen LogP contribution in [0.3, 0.4) is 0 Å². The summed E-state index contributed by atoms with van der Waals surface area (Å²) < 4.78 is 0. The first-order valence-corrected chi connectivity index (χ1v) is 5.72. The molecule has 1 N–H and O–H groups in total. The molecule has 0 heterocycles. The Morgan fingerprint density at radius 1 is 1.36 bits per heavy atom. The molecule has 0 spiro atoms. The van der Waals surface area contributed by atoms with Gasteiger partial charge < -0.3 is 5.11 Å². The van der Waals surface area contributed by atoms with Gasteiger partial charge in [0.25, 0.3) is 0 Å². The van der Waals surface area contributed by atoms with Crippen LogP contribution < -0.4 is 0 Å². The third-order valence-corrected chi connectivity index (χ3v) is 3.47. The molecule has 0 aromatic carbocycles. The summed E-state index contributed by atoms with van der Waals surface area (Å²) in [5, 5.41) is 9.83. The second kappa shape index (κ2) is 5.41. The van der Waals surface area contributed by atoms with Crippen LogP contribution in [0.2, 0.25) is 0 Å². The molecule has 1 heteroatoms. The largest absolute Gasteiger partial charge is 0.393 e. The van der Waals surface area contributed by atoms with E-state index in [9.17, 15) is 5.11 Å². The van der Waals surface area contributed by atoms with Crippen LogP contribution in [-0.2, 0) is 0 Å². The Morgan fingerprint density at radius 2 is 2.07 bits per heavy atom. The fourth-order valence-corrected chi connectivity index (χ4v) is 2.34. The zero-order chi connectivity index (χ0) is 10.6. The maximum atomic E-state index is 9.83. The molecule has 0 saturated heterocycles. The van der Waals surface area contributed by atoms with Crippen molar-refractivity contribution < 1.29 is 5.11 Å². The van der Waals surface area contributed by atoms with Crippen LogP contribution in [0, 0.1) is 29.6 Å². The highest BCUT2D eigenvalue weighted by Gasteiger charge is 2.29. The molecule has 14 heavy (non-hydrogen) atoms. The fourth-order valence-electron chi connectivity index (χ4n) is 2.34. The highest BCUT2D eigenvalue weighted by atomic mass is 16.3. The Balaban J connectivity index is 2.49. The molecule has 80 valence electrons. The number of rotatable bonds is 2. The van der Waals surface area contributed by atoms with Gasteiger partial charge in [-0.05, 0) is 43.9 Å². The van der Waals surface area contributed by atoms with Crippen molar-refractivity contribution in [1.82, 2.24) is 0 Å². The topological polar surface area (TPSA) is 20.2 Å².